The van der Waals surface area contributed by atoms with Crippen molar-refractivity contribution in [2.45, 2.75) is 0 Å². The summed E-state index contributed by atoms with van der Waals surface area (Å²) >= 11 is 0. The number of carbonyl (C=O) groups is 1. The highest BCUT2D eigenvalue weighted by Gasteiger charge is 2.17. The molecule has 0 aromatic heterocycles. The van der Waals surface area contributed by atoms with Crippen molar-refractivity contribution < 1.29 is 4.79 Å². The van der Waals surface area contributed by atoms with E-state index in [1.54, 1.807) is 11.0 Å². The second-order valence-corrected chi connectivity index (χ2v) is 3.23. The van der Waals surface area contributed by atoms with E-state index in [0.29, 0.717) is 0 Å². The highest BCUT2D eigenvalue weighted by atomic mass is 16.2. The lowest BCUT2D eigenvalue weighted by Gasteiger charge is -2.08. The Kier molecular flexibility index (Phi) is 1.89. The predicted molar refractivity (Wildman–Crippen MR) is 52.1 cm³/mol. The Balaban J connectivity index is 2.30. The van der Waals surface area contributed by atoms with Gasteiger partial charge in [-0.15, -0.1) is 0 Å². The van der Waals surface area contributed by atoms with Gasteiger partial charge in [0.15, 0.2) is 0 Å². The van der Waals surface area contributed by atoms with Gasteiger partial charge in [0.05, 0.1) is 0 Å². The number of carbonyl (C=O) groups excluding carboxylic acids is 1. The highest BCUT2D eigenvalue weighted by molar-refractivity contribution is 6.00. The van der Waals surface area contributed by atoms with Crippen LogP contribution in [0.2, 0.25) is 0 Å². The molecule has 0 N–H and O–H groups in total. The van der Waals surface area contributed by atoms with E-state index >= 15 is 0 Å². The van der Waals surface area contributed by atoms with Crippen molar-refractivity contribution in [3.8, 4) is 0 Å². The largest absolute Gasteiger partial charge is 0.338 e. The van der Waals surface area contributed by atoms with Gasteiger partial charge >= 0.3 is 0 Å². The molecule has 0 aliphatic carbocycles. The van der Waals surface area contributed by atoms with Gasteiger partial charge in [0.2, 0.25) is 5.91 Å². The summed E-state index contributed by atoms with van der Waals surface area (Å²) < 4.78 is 0. The minimum atomic E-state index is 0.0962. The first kappa shape index (κ1) is 8.05. The zero-order chi connectivity index (χ0) is 9.26. The van der Waals surface area contributed by atoms with Crippen LogP contribution in [0.5, 0.6) is 0 Å². The molecule has 1 aromatic rings. The molecule has 1 aliphatic rings. The Hall–Kier alpha value is -1.57. The third kappa shape index (κ3) is 1.47. The average molecular weight is 173 g/mol. The maximum atomic E-state index is 11.2. The van der Waals surface area contributed by atoms with Crippen molar-refractivity contribution in [2.24, 2.45) is 0 Å². The van der Waals surface area contributed by atoms with E-state index in [1.165, 1.54) is 0 Å². The fourth-order valence-electron chi connectivity index (χ4n) is 1.47. The molecule has 2 heteroatoms. The van der Waals surface area contributed by atoms with E-state index in [2.05, 4.69) is 0 Å². The summed E-state index contributed by atoms with van der Waals surface area (Å²) in [7, 11) is 1.81. The Morgan fingerprint density at radius 3 is 2.46 bits per heavy atom. The lowest BCUT2D eigenvalue weighted by atomic mass is 10.1. The van der Waals surface area contributed by atoms with Crippen molar-refractivity contribution >= 4 is 11.5 Å². The summed E-state index contributed by atoms with van der Waals surface area (Å²) in [5.41, 5.74) is 2.24. The summed E-state index contributed by atoms with van der Waals surface area (Å²) in [4.78, 5) is 12.9. The van der Waals surface area contributed by atoms with E-state index in [1.807, 2.05) is 37.4 Å². The molecule has 2 rings (SSSR count). The van der Waals surface area contributed by atoms with Gasteiger partial charge in [0, 0.05) is 19.7 Å². The van der Waals surface area contributed by atoms with Gasteiger partial charge in [0.1, 0.15) is 0 Å². The van der Waals surface area contributed by atoms with Crippen LogP contribution in [0.15, 0.2) is 36.4 Å². The molecule has 1 aliphatic heterocycles. The molecule has 1 amide bonds. The van der Waals surface area contributed by atoms with Crippen LogP contribution in [0, 0.1) is 0 Å². The van der Waals surface area contributed by atoms with Crippen molar-refractivity contribution in [3.63, 3.8) is 0 Å². The second-order valence-electron chi connectivity index (χ2n) is 3.23. The van der Waals surface area contributed by atoms with Crippen LogP contribution in [0.1, 0.15) is 5.56 Å². The molecule has 0 radical (unpaired) electrons. The van der Waals surface area contributed by atoms with E-state index in [0.717, 1.165) is 17.7 Å². The Bertz CT molecular complexity index is 354. The summed E-state index contributed by atoms with van der Waals surface area (Å²) in [6.45, 7) is 0.725. The molecule has 1 aromatic carbocycles. The smallest absolute Gasteiger partial charge is 0.246 e. The lowest BCUT2D eigenvalue weighted by Crippen LogP contribution is -2.19. The zero-order valence-electron chi connectivity index (χ0n) is 7.53. The number of amides is 1. The topological polar surface area (TPSA) is 20.3 Å². The molecule has 13 heavy (non-hydrogen) atoms. The molecule has 2 nitrogen and oxygen atoms in total. The minimum absolute atomic E-state index is 0.0962. The number of hydrogen-bond acceptors (Lipinski definition) is 1. The molecule has 0 saturated carbocycles. The van der Waals surface area contributed by atoms with Crippen molar-refractivity contribution in [1.82, 2.24) is 4.90 Å². The molecule has 0 unspecified atom stereocenters. The second kappa shape index (κ2) is 3.05. The number of nitrogens with zero attached hydrogens (tertiary/aromatic N) is 1. The molecule has 0 bridgehead atoms. The summed E-state index contributed by atoms with van der Waals surface area (Å²) in [6, 6.07) is 10.00. The number of benzene rings is 1. The Morgan fingerprint density at radius 1 is 1.23 bits per heavy atom. The van der Waals surface area contributed by atoms with Gasteiger partial charge in [-0.05, 0) is 11.1 Å². The SMILES string of the molecule is CN1CC(c2ccccc2)=CC1=O. The van der Waals surface area contributed by atoms with Crippen LogP contribution in [-0.2, 0) is 4.79 Å². The quantitative estimate of drug-likeness (QED) is 0.630. The van der Waals surface area contributed by atoms with Gasteiger partial charge in [-0.1, -0.05) is 30.3 Å². The number of rotatable bonds is 1. The average Bonchev–Trinajstić information content (AvgIpc) is 2.49. The van der Waals surface area contributed by atoms with E-state index < -0.39 is 0 Å². The van der Waals surface area contributed by atoms with Gasteiger partial charge < -0.3 is 4.90 Å². The number of likely N-dealkylation sites (N-methyl/N-ethyl adjacent to an activating group) is 1. The molecular weight excluding hydrogens is 162 g/mol. The van der Waals surface area contributed by atoms with Crippen molar-refractivity contribution in [3.05, 3.63) is 42.0 Å². The van der Waals surface area contributed by atoms with Crippen LogP contribution >= 0.6 is 0 Å². The first-order valence-corrected chi connectivity index (χ1v) is 4.28. The summed E-state index contributed by atoms with van der Waals surface area (Å²) in [5.74, 6) is 0.0962. The van der Waals surface area contributed by atoms with Gasteiger partial charge in [-0.25, -0.2) is 0 Å². The first-order chi connectivity index (χ1) is 6.27. The highest BCUT2D eigenvalue weighted by Crippen LogP contribution is 2.19. The Labute approximate surface area is 77.5 Å². The van der Waals surface area contributed by atoms with E-state index in [4.69, 9.17) is 0 Å². The number of hydrogen-bond donors (Lipinski definition) is 0. The lowest BCUT2D eigenvalue weighted by molar-refractivity contribution is -0.123. The third-order valence-electron chi connectivity index (χ3n) is 2.23. The van der Waals surface area contributed by atoms with Gasteiger partial charge in [-0.3, -0.25) is 4.79 Å². The predicted octanol–water partition coefficient (Wildman–Crippen LogP) is 1.54. The molecule has 0 saturated heterocycles. The normalized spacial score (nSPS) is 16.2. The van der Waals surface area contributed by atoms with E-state index in [9.17, 15) is 4.79 Å². The van der Waals surface area contributed by atoms with Gasteiger partial charge in [-0.2, -0.15) is 0 Å². The monoisotopic (exact) mass is 173 g/mol. The standard InChI is InChI=1S/C11H11NO/c1-12-8-10(7-11(12)13)9-5-3-2-4-6-9/h2-7H,8H2,1H3. The molecule has 0 spiro atoms. The maximum Gasteiger partial charge on any atom is 0.246 e. The summed E-state index contributed by atoms with van der Waals surface area (Å²) in [6.07, 6.45) is 1.70. The molecule has 0 atom stereocenters. The summed E-state index contributed by atoms with van der Waals surface area (Å²) in [5, 5.41) is 0. The third-order valence-corrected chi connectivity index (χ3v) is 2.23. The minimum Gasteiger partial charge on any atom is -0.338 e. The van der Waals surface area contributed by atoms with Gasteiger partial charge in [0.25, 0.3) is 0 Å². The molecule has 1 heterocycles. The van der Waals surface area contributed by atoms with Crippen molar-refractivity contribution in [2.75, 3.05) is 13.6 Å². The van der Waals surface area contributed by atoms with Crippen LogP contribution in [0.4, 0.5) is 0 Å². The van der Waals surface area contributed by atoms with Crippen LogP contribution < -0.4 is 0 Å². The maximum absolute atomic E-state index is 11.2. The fourth-order valence-corrected chi connectivity index (χ4v) is 1.47. The van der Waals surface area contributed by atoms with E-state index in [-0.39, 0.29) is 5.91 Å². The van der Waals surface area contributed by atoms with Crippen LogP contribution in [-0.4, -0.2) is 24.4 Å². The molecular formula is C11H11NO. The first-order valence-electron chi connectivity index (χ1n) is 4.28. The molecule has 66 valence electrons. The zero-order valence-corrected chi connectivity index (χ0v) is 7.53. The van der Waals surface area contributed by atoms with Crippen molar-refractivity contribution in [1.29, 1.82) is 0 Å². The fraction of sp³-hybridized carbons (Fsp3) is 0.182. The molecule has 0 fully saturated rings. The van der Waals surface area contributed by atoms with Crippen LogP contribution in [0.25, 0.3) is 5.57 Å². The Morgan fingerprint density at radius 2 is 1.92 bits per heavy atom. The van der Waals surface area contributed by atoms with Crippen LogP contribution in [0.3, 0.4) is 0 Å².